The maximum absolute atomic E-state index is 13.6. The van der Waals surface area contributed by atoms with Gasteiger partial charge in [-0.1, -0.05) is 66.7 Å². The smallest absolute Gasteiger partial charge is 0.258 e. The average molecular weight is 485 g/mol. The lowest BCUT2D eigenvalue weighted by molar-refractivity contribution is 0.0986. The number of aromatic amines is 1. The van der Waals surface area contributed by atoms with Crippen LogP contribution in [0.5, 0.6) is 0 Å². The molecule has 0 saturated carbocycles. The fraction of sp³-hybridized carbons (Fsp3) is 0.0645. The number of H-pyrrole nitrogens is 1. The number of hydrogen-bond acceptors (Lipinski definition) is 3. The Bertz CT molecular complexity index is 1590. The second-order valence-electron chi connectivity index (χ2n) is 8.94. The topological polar surface area (TPSA) is 78.1 Å². The fourth-order valence-electron chi connectivity index (χ4n) is 4.82. The number of fused-ring (bicyclic) bond motifs is 3. The van der Waals surface area contributed by atoms with E-state index < -0.39 is 0 Å². The number of benzene rings is 4. The summed E-state index contributed by atoms with van der Waals surface area (Å²) in [6, 6.07) is 32.3. The summed E-state index contributed by atoms with van der Waals surface area (Å²) in [4.78, 5) is 28.5. The van der Waals surface area contributed by atoms with Crippen LogP contribution >= 0.6 is 0 Å². The van der Waals surface area contributed by atoms with Crippen molar-refractivity contribution in [3.63, 3.8) is 0 Å². The highest BCUT2D eigenvalue weighted by Crippen LogP contribution is 2.35. The van der Waals surface area contributed by atoms with E-state index in [9.17, 15) is 9.59 Å². The Morgan fingerprint density at radius 1 is 0.784 bits per heavy atom. The van der Waals surface area contributed by atoms with Crippen molar-refractivity contribution in [2.45, 2.75) is 6.42 Å². The van der Waals surface area contributed by atoms with Gasteiger partial charge < -0.3 is 10.2 Å². The fourth-order valence-corrected chi connectivity index (χ4v) is 4.82. The van der Waals surface area contributed by atoms with E-state index >= 15 is 0 Å². The standard InChI is InChI=1S/C31H24N4O2/c36-30(26-11-5-4-10-25(26)21-8-2-1-3-9-21)33-24-16-14-22(15-17-24)31(37)35-19-18-23-20-32-34-29(23)27-12-6-7-13-28(27)35/h1-17,20H,18-19H2,(H,32,34)(H,33,36). The Balaban J connectivity index is 1.23. The van der Waals surface area contributed by atoms with Crippen LogP contribution in [0.1, 0.15) is 26.3 Å². The number of carbonyl (C=O) groups excluding carboxylic acids is 2. The van der Waals surface area contributed by atoms with Gasteiger partial charge in [-0.15, -0.1) is 0 Å². The van der Waals surface area contributed by atoms with Gasteiger partial charge in [-0.2, -0.15) is 5.10 Å². The Hall–Kier alpha value is -4.97. The van der Waals surface area contributed by atoms with E-state index in [0.29, 0.717) is 29.8 Å². The minimum absolute atomic E-state index is 0.0853. The molecule has 180 valence electrons. The zero-order chi connectivity index (χ0) is 25.2. The van der Waals surface area contributed by atoms with Gasteiger partial charge in [0.2, 0.25) is 0 Å². The van der Waals surface area contributed by atoms with E-state index in [1.165, 1.54) is 0 Å². The van der Waals surface area contributed by atoms with Crippen LogP contribution in [-0.4, -0.2) is 28.6 Å². The highest BCUT2D eigenvalue weighted by molar-refractivity contribution is 6.10. The molecule has 5 aromatic rings. The van der Waals surface area contributed by atoms with Crippen LogP contribution in [-0.2, 0) is 6.42 Å². The third kappa shape index (κ3) is 4.29. The first-order valence-electron chi connectivity index (χ1n) is 12.2. The summed E-state index contributed by atoms with van der Waals surface area (Å²) in [6.45, 7) is 0.553. The van der Waals surface area contributed by atoms with Crippen LogP contribution in [0.25, 0.3) is 22.4 Å². The minimum Gasteiger partial charge on any atom is -0.322 e. The number of nitrogens with one attached hydrogen (secondary N) is 2. The molecule has 6 heteroatoms. The van der Waals surface area contributed by atoms with Crippen LogP contribution < -0.4 is 10.2 Å². The molecule has 6 rings (SSSR count). The van der Waals surface area contributed by atoms with E-state index in [2.05, 4.69) is 15.5 Å². The minimum atomic E-state index is -0.199. The monoisotopic (exact) mass is 484 g/mol. The van der Waals surface area contributed by atoms with Gasteiger partial charge in [-0.3, -0.25) is 14.7 Å². The summed E-state index contributed by atoms with van der Waals surface area (Å²) in [7, 11) is 0. The molecule has 0 bridgehead atoms. The summed E-state index contributed by atoms with van der Waals surface area (Å²) in [6.07, 6.45) is 2.54. The summed E-state index contributed by atoms with van der Waals surface area (Å²) in [5.41, 5.74) is 7.49. The quantitative estimate of drug-likeness (QED) is 0.319. The summed E-state index contributed by atoms with van der Waals surface area (Å²) < 4.78 is 0. The third-order valence-corrected chi connectivity index (χ3v) is 6.68. The summed E-state index contributed by atoms with van der Waals surface area (Å²) in [5, 5.41) is 10.2. The van der Waals surface area contributed by atoms with Crippen LogP contribution in [0.4, 0.5) is 11.4 Å². The molecule has 6 nitrogen and oxygen atoms in total. The molecule has 2 N–H and O–H groups in total. The number of para-hydroxylation sites is 1. The molecule has 1 aromatic heterocycles. The first kappa shape index (κ1) is 22.5. The second kappa shape index (κ2) is 9.59. The molecule has 0 spiro atoms. The lowest BCUT2D eigenvalue weighted by Gasteiger charge is -2.23. The van der Waals surface area contributed by atoms with Crippen molar-refractivity contribution in [3.05, 3.63) is 126 Å². The maximum Gasteiger partial charge on any atom is 0.258 e. The third-order valence-electron chi connectivity index (χ3n) is 6.68. The van der Waals surface area contributed by atoms with Gasteiger partial charge in [0.25, 0.3) is 11.8 Å². The Morgan fingerprint density at radius 2 is 1.49 bits per heavy atom. The molecule has 37 heavy (non-hydrogen) atoms. The van der Waals surface area contributed by atoms with Crippen LogP contribution in [0.3, 0.4) is 0 Å². The predicted octanol–water partition coefficient (Wildman–Crippen LogP) is 6.20. The van der Waals surface area contributed by atoms with E-state index in [-0.39, 0.29) is 11.8 Å². The molecule has 0 fully saturated rings. The van der Waals surface area contributed by atoms with Gasteiger partial charge in [0.05, 0.1) is 17.6 Å². The van der Waals surface area contributed by atoms with Crippen LogP contribution in [0, 0.1) is 0 Å². The Morgan fingerprint density at radius 3 is 2.30 bits per heavy atom. The van der Waals surface area contributed by atoms with Crippen LogP contribution in [0.2, 0.25) is 0 Å². The van der Waals surface area contributed by atoms with Gasteiger partial charge in [-0.05, 0) is 59.5 Å². The molecule has 1 aliphatic rings. The highest BCUT2D eigenvalue weighted by atomic mass is 16.2. The van der Waals surface area contributed by atoms with Gasteiger partial charge in [0.15, 0.2) is 0 Å². The number of carbonyl (C=O) groups is 2. The lowest BCUT2D eigenvalue weighted by Crippen LogP contribution is -2.32. The van der Waals surface area contributed by atoms with E-state index in [1.807, 2.05) is 90.0 Å². The molecule has 2 heterocycles. The van der Waals surface area contributed by atoms with Gasteiger partial charge in [-0.25, -0.2) is 0 Å². The Kier molecular flexibility index (Phi) is 5.83. The molecule has 2 amide bonds. The molecular weight excluding hydrogens is 460 g/mol. The number of hydrogen-bond donors (Lipinski definition) is 2. The van der Waals surface area contributed by atoms with Crippen molar-refractivity contribution in [1.29, 1.82) is 0 Å². The van der Waals surface area contributed by atoms with Crippen molar-refractivity contribution in [3.8, 4) is 22.4 Å². The van der Waals surface area contributed by atoms with Gasteiger partial charge in [0.1, 0.15) is 0 Å². The number of amides is 2. The molecule has 0 unspecified atom stereocenters. The molecule has 0 atom stereocenters. The number of nitrogens with zero attached hydrogens (tertiary/aromatic N) is 2. The molecular formula is C31H24N4O2. The largest absolute Gasteiger partial charge is 0.322 e. The van der Waals surface area contributed by atoms with Gasteiger partial charge in [0, 0.05) is 28.9 Å². The first-order valence-corrected chi connectivity index (χ1v) is 12.2. The average Bonchev–Trinajstić information content (AvgIpc) is 3.36. The van der Waals surface area contributed by atoms with Crippen molar-refractivity contribution in [2.24, 2.45) is 0 Å². The highest BCUT2D eigenvalue weighted by Gasteiger charge is 2.26. The van der Waals surface area contributed by atoms with Crippen molar-refractivity contribution >= 4 is 23.2 Å². The SMILES string of the molecule is O=C(Nc1ccc(C(=O)N2CCc3cn[nH]c3-c3ccccc32)cc1)c1ccccc1-c1ccccc1. The van der Waals surface area contributed by atoms with Crippen molar-refractivity contribution < 1.29 is 9.59 Å². The number of aromatic nitrogens is 2. The summed E-state index contributed by atoms with van der Waals surface area (Å²) >= 11 is 0. The zero-order valence-corrected chi connectivity index (χ0v) is 20.0. The first-order chi connectivity index (χ1) is 18.2. The van der Waals surface area contributed by atoms with E-state index in [4.69, 9.17) is 0 Å². The molecule has 0 radical (unpaired) electrons. The summed E-state index contributed by atoms with van der Waals surface area (Å²) in [5.74, 6) is -0.285. The second-order valence-corrected chi connectivity index (χ2v) is 8.94. The number of anilines is 2. The normalized spacial score (nSPS) is 12.3. The molecule has 0 aliphatic carbocycles. The van der Waals surface area contributed by atoms with E-state index in [0.717, 1.165) is 33.6 Å². The van der Waals surface area contributed by atoms with Crippen molar-refractivity contribution in [2.75, 3.05) is 16.8 Å². The van der Waals surface area contributed by atoms with Crippen molar-refractivity contribution in [1.82, 2.24) is 10.2 Å². The van der Waals surface area contributed by atoms with E-state index in [1.54, 1.807) is 24.3 Å². The molecule has 1 aliphatic heterocycles. The van der Waals surface area contributed by atoms with Gasteiger partial charge >= 0.3 is 0 Å². The Labute approximate surface area is 214 Å². The lowest BCUT2D eigenvalue weighted by atomic mass is 9.99. The number of rotatable bonds is 4. The maximum atomic E-state index is 13.6. The zero-order valence-electron chi connectivity index (χ0n) is 20.0. The predicted molar refractivity (Wildman–Crippen MR) is 146 cm³/mol. The van der Waals surface area contributed by atoms with Crippen LogP contribution in [0.15, 0.2) is 109 Å². The molecule has 0 saturated heterocycles. The molecule has 4 aromatic carbocycles.